The van der Waals surface area contributed by atoms with Crippen LogP contribution in [0.5, 0.6) is 0 Å². The van der Waals surface area contributed by atoms with Crippen LogP contribution in [0.2, 0.25) is 0 Å². The monoisotopic (exact) mass is 332 g/mol. The van der Waals surface area contributed by atoms with Gasteiger partial charge in [-0.25, -0.2) is 0 Å². The highest BCUT2D eigenvalue weighted by Gasteiger charge is 2.24. The fourth-order valence-corrected chi connectivity index (χ4v) is 3.82. The minimum absolute atomic E-state index is 0.238. The largest absolute Gasteiger partial charge is 0.344 e. The number of ketones is 1. The van der Waals surface area contributed by atoms with Gasteiger partial charge in [0.2, 0.25) is 5.78 Å². The van der Waals surface area contributed by atoms with Crippen LogP contribution in [-0.2, 0) is 29.2 Å². The van der Waals surface area contributed by atoms with Gasteiger partial charge in [0.1, 0.15) is 0 Å². The molecule has 1 aromatic rings. The fraction of sp³-hybridized carbons (Fsp3) is 0.722. The van der Waals surface area contributed by atoms with E-state index in [1.807, 2.05) is 0 Å². The number of hydrogen-bond acceptors (Lipinski definition) is 4. The van der Waals surface area contributed by atoms with Gasteiger partial charge in [-0.15, -0.1) is 0 Å². The lowest BCUT2D eigenvalue weighted by Crippen LogP contribution is -2.36. The third kappa shape index (κ3) is 4.04. The fourth-order valence-electron chi connectivity index (χ4n) is 3.82. The number of hydrogen-bond donors (Lipinski definition) is 1. The third-order valence-electron chi connectivity index (χ3n) is 5.19. The zero-order chi connectivity index (χ0) is 16.9. The van der Waals surface area contributed by atoms with Crippen molar-refractivity contribution >= 4 is 11.7 Å². The predicted molar refractivity (Wildman–Crippen MR) is 91.3 cm³/mol. The average molecular weight is 332 g/mol. The summed E-state index contributed by atoms with van der Waals surface area (Å²) in [6.45, 7) is 5.04. The second-order valence-corrected chi connectivity index (χ2v) is 6.93. The molecule has 1 fully saturated rings. The molecule has 6 nitrogen and oxygen atoms in total. The van der Waals surface area contributed by atoms with Crippen LogP contribution in [0.25, 0.3) is 0 Å². The molecule has 0 atom stereocenters. The van der Waals surface area contributed by atoms with E-state index in [1.54, 1.807) is 6.92 Å². The van der Waals surface area contributed by atoms with E-state index in [2.05, 4.69) is 26.1 Å². The van der Waals surface area contributed by atoms with Gasteiger partial charge in [0.05, 0.1) is 17.9 Å². The molecule has 3 rings (SSSR count). The molecule has 1 N–H and O–H groups in total. The summed E-state index contributed by atoms with van der Waals surface area (Å²) in [5.74, 6) is -0.885. The number of fused-ring (bicyclic) bond motifs is 1. The van der Waals surface area contributed by atoms with E-state index in [-0.39, 0.29) is 12.2 Å². The summed E-state index contributed by atoms with van der Waals surface area (Å²) in [5.41, 5.74) is 2.07. The first kappa shape index (κ1) is 17.1. The minimum Gasteiger partial charge on any atom is -0.344 e. The van der Waals surface area contributed by atoms with Crippen molar-refractivity contribution in [1.82, 2.24) is 20.0 Å². The Morgan fingerprint density at radius 1 is 1.21 bits per heavy atom. The van der Waals surface area contributed by atoms with Gasteiger partial charge < -0.3 is 5.32 Å². The van der Waals surface area contributed by atoms with E-state index in [0.717, 1.165) is 31.7 Å². The van der Waals surface area contributed by atoms with Gasteiger partial charge in [-0.1, -0.05) is 26.2 Å². The molecule has 0 unspecified atom stereocenters. The number of aryl methyl sites for hydroxylation is 1. The Labute approximate surface area is 143 Å². The first-order valence-corrected chi connectivity index (χ1v) is 9.28. The normalized spacial score (nSPS) is 19.5. The quantitative estimate of drug-likeness (QED) is 0.838. The maximum absolute atomic E-state index is 11.6. The van der Waals surface area contributed by atoms with Crippen molar-refractivity contribution in [1.29, 1.82) is 0 Å². The number of aromatic nitrogens is 2. The zero-order valence-electron chi connectivity index (χ0n) is 14.6. The van der Waals surface area contributed by atoms with E-state index in [9.17, 15) is 9.59 Å². The molecule has 0 bridgehead atoms. The molecule has 1 aromatic heterocycles. The summed E-state index contributed by atoms with van der Waals surface area (Å²) in [4.78, 5) is 25.6. The number of amides is 1. The molecular weight excluding hydrogens is 304 g/mol. The van der Waals surface area contributed by atoms with Gasteiger partial charge >= 0.3 is 0 Å². The van der Waals surface area contributed by atoms with Crippen molar-refractivity contribution in [2.75, 3.05) is 6.54 Å². The standard InChI is InChI=1S/C18H28N4O2/c1-2-17(23)18(24)19-12-14-11-16-13-21(9-6-10-22(16)20-14)15-7-4-3-5-8-15/h11,15H,2-10,12-13H2,1H3,(H,19,24). The van der Waals surface area contributed by atoms with Crippen molar-refractivity contribution in [2.45, 2.75) is 77.5 Å². The molecule has 0 saturated heterocycles. The molecule has 0 aromatic carbocycles. The van der Waals surface area contributed by atoms with Crippen LogP contribution in [0.1, 0.15) is 63.3 Å². The molecule has 132 valence electrons. The molecule has 1 aliphatic carbocycles. The average Bonchev–Trinajstić information content (AvgIpc) is 2.89. The minimum atomic E-state index is -0.510. The summed E-state index contributed by atoms with van der Waals surface area (Å²) < 4.78 is 2.08. The number of Topliss-reactive ketones (excluding diaryl/α,β-unsaturated/α-hetero) is 1. The van der Waals surface area contributed by atoms with Gasteiger partial charge in [-0.2, -0.15) is 5.10 Å². The van der Waals surface area contributed by atoms with Gasteiger partial charge in [-0.05, 0) is 25.3 Å². The molecule has 1 amide bonds. The van der Waals surface area contributed by atoms with Crippen molar-refractivity contribution < 1.29 is 9.59 Å². The van der Waals surface area contributed by atoms with E-state index in [4.69, 9.17) is 0 Å². The number of carbonyl (C=O) groups is 2. The Morgan fingerprint density at radius 3 is 2.75 bits per heavy atom. The van der Waals surface area contributed by atoms with Gasteiger partial charge in [0.25, 0.3) is 5.91 Å². The Hall–Kier alpha value is -1.69. The van der Waals surface area contributed by atoms with E-state index >= 15 is 0 Å². The first-order valence-electron chi connectivity index (χ1n) is 9.28. The second-order valence-electron chi connectivity index (χ2n) is 6.93. The van der Waals surface area contributed by atoms with Gasteiger partial charge in [0.15, 0.2) is 0 Å². The maximum Gasteiger partial charge on any atom is 0.287 e. The first-order chi connectivity index (χ1) is 11.7. The van der Waals surface area contributed by atoms with Gasteiger partial charge in [0, 0.05) is 32.1 Å². The highest BCUT2D eigenvalue weighted by Crippen LogP contribution is 2.25. The van der Waals surface area contributed by atoms with Crippen LogP contribution in [0.3, 0.4) is 0 Å². The van der Waals surface area contributed by atoms with Crippen LogP contribution >= 0.6 is 0 Å². The second kappa shape index (κ2) is 7.92. The van der Waals surface area contributed by atoms with Crippen LogP contribution in [0.4, 0.5) is 0 Å². The topological polar surface area (TPSA) is 67.2 Å². The third-order valence-corrected chi connectivity index (χ3v) is 5.19. The molecule has 6 heteroatoms. The molecule has 2 heterocycles. The lowest BCUT2D eigenvalue weighted by Gasteiger charge is -2.33. The van der Waals surface area contributed by atoms with Crippen LogP contribution < -0.4 is 5.32 Å². The van der Waals surface area contributed by atoms with Gasteiger partial charge in [-0.3, -0.25) is 19.2 Å². The predicted octanol–water partition coefficient (Wildman–Crippen LogP) is 2.02. The van der Waals surface area contributed by atoms with Crippen molar-refractivity contribution in [2.24, 2.45) is 0 Å². The molecule has 0 spiro atoms. The number of nitrogens with zero attached hydrogens (tertiary/aromatic N) is 3. The Balaban J connectivity index is 1.62. The maximum atomic E-state index is 11.6. The number of rotatable bonds is 5. The highest BCUT2D eigenvalue weighted by molar-refractivity contribution is 6.35. The summed E-state index contributed by atoms with van der Waals surface area (Å²) in [5, 5.41) is 7.28. The van der Waals surface area contributed by atoms with E-state index in [0.29, 0.717) is 12.6 Å². The molecule has 1 aliphatic heterocycles. The Bertz CT molecular complexity index is 590. The Morgan fingerprint density at radius 2 is 2.00 bits per heavy atom. The van der Waals surface area contributed by atoms with Crippen LogP contribution in [0.15, 0.2) is 6.07 Å². The smallest absolute Gasteiger partial charge is 0.287 e. The summed E-state index contributed by atoms with van der Waals surface area (Å²) in [7, 11) is 0. The lowest BCUT2D eigenvalue weighted by molar-refractivity contribution is -0.137. The molecular formula is C18H28N4O2. The van der Waals surface area contributed by atoms with Crippen molar-refractivity contribution in [3.63, 3.8) is 0 Å². The molecule has 24 heavy (non-hydrogen) atoms. The molecule has 0 radical (unpaired) electrons. The van der Waals surface area contributed by atoms with Crippen LogP contribution in [0, 0.1) is 0 Å². The molecule has 1 saturated carbocycles. The SMILES string of the molecule is CCC(=O)C(=O)NCc1cc2n(n1)CCCN(C1CCCCC1)C2. The van der Waals surface area contributed by atoms with E-state index in [1.165, 1.54) is 37.8 Å². The highest BCUT2D eigenvalue weighted by atomic mass is 16.2. The zero-order valence-corrected chi connectivity index (χ0v) is 14.6. The van der Waals surface area contributed by atoms with Crippen molar-refractivity contribution in [3.05, 3.63) is 17.5 Å². The Kier molecular flexibility index (Phi) is 5.66. The van der Waals surface area contributed by atoms with Crippen molar-refractivity contribution in [3.8, 4) is 0 Å². The van der Waals surface area contributed by atoms with Crippen LogP contribution in [-0.4, -0.2) is 39.0 Å². The summed E-state index contributed by atoms with van der Waals surface area (Å²) in [6, 6.07) is 2.79. The lowest BCUT2D eigenvalue weighted by atomic mass is 9.94. The number of carbonyl (C=O) groups excluding carboxylic acids is 2. The summed E-state index contributed by atoms with van der Waals surface area (Å²) in [6.07, 6.45) is 8.06. The van der Waals surface area contributed by atoms with E-state index < -0.39 is 5.91 Å². The number of nitrogens with one attached hydrogen (secondary N) is 1. The molecule has 2 aliphatic rings. The summed E-state index contributed by atoms with van der Waals surface area (Å²) >= 11 is 0.